The van der Waals surface area contributed by atoms with Crippen LogP contribution in [0.15, 0.2) is 0 Å². The predicted octanol–water partition coefficient (Wildman–Crippen LogP) is -1.60. The summed E-state index contributed by atoms with van der Waals surface area (Å²) < 4.78 is 0. The second kappa shape index (κ2) is 4.47. The van der Waals surface area contributed by atoms with Gasteiger partial charge in [0.1, 0.15) is 0 Å². The molecule has 1 rings (SSSR count). The van der Waals surface area contributed by atoms with Crippen molar-refractivity contribution in [3.63, 3.8) is 0 Å². The van der Waals surface area contributed by atoms with E-state index < -0.39 is 0 Å². The topological polar surface area (TPSA) is 14.1 Å². The van der Waals surface area contributed by atoms with E-state index in [4.69, 9.17) is 0 Å². The van der Waals surface area contributed by atoms with Crippen LogP contribution in [0.5, 0.6) is 0 Å². The maximum absolute atomic E-state index is 4.16. The smallest absolute Gasteiger partial charge is 0.662 e. The molecule has 0 radical (unpaired) electrons. The minimum absolute atomic E-state index is 0. The van der Waals surface area contributed by atoms with Gasteiger partial charge in [0.2, 0.25) is 0 Å². The van der Waals surface area contributed by atoms with Gasteiger partial charge in [-0.2, -0.15) is 0 Å². The van der Waals surface area contributed by atoms with Crippen LogP contribution in [-0.2, 0) is 0 Å². The van der Waals surface area contributed by atoms with Crippen molar-refractivity contribution < 1.29 is 51.4 Å². The van der Waals surface area contributed by atoms with Crippen LogP contribution in [0.3, 0.4) is 0 Å². The van der Waals surface area contributed by atoms with Gasteiger partial charge in [0.05, 0.1) is 0 Å². The molecule has 1 aliphatic rings. The molecule has 0 aliphatic carbocycles. The van der Waals surface area contributed by atoms with Gasteiger partial charge in [0, 0.05) is 0 Å². The van der Waals surface area contributed by atoms with Crippen molar-refractivity contribution in [3.05, 3.63) is 5.32 Å². The van der Waals surface area contributed by atoms with Gasteiger partial charge in [-0.25, -0.2) is 0 Å². The van der Waals surface area contributed by atoms with E-state index >= 15 is 0 Å². The molecule has 0 aromatic carbocycles. The molecule has 0 amide bonds. The fourth-order valence-electron chi connectivity index (χ4n) is 0.715. The first-order chi connectivity index (χ1) is 2.89. The van der Waals surface area contributed by atoms with Gasteiger partial charge in [-0.3, -0.25) is 0 Å². The largest absolute Gasteiger partial charge is 1.00 e. The Kier molecular flexibility index (Phi) is 5.49. The Morgan fingerprint density at radius 2 is 2.29 bits per heavy atom. The summed E-state index contributed by atoms with van der Waals surface area (Å²) in [6.45, 7) is 4.47. The Hall–Kier alpha value is 1.60. The molecule has 1 fully saturated rings. The zero-order chi connectivity index (χ0) is 4.41. The molecule has 0 bridgehead atoms. The van der Waals surface area contributed by atoms with E-state index in [1.165, 1.54) is 6.42 Å². The summed E-state index contributed by atoms with van der Waals surface area (Å²) in [4.78, 5) is 0. The van der Waals surface area contributed by atoms with Crippen molar-refractivity contribution in [2.75, 3.05) is 13.1 Å². The third kappa shape index (κ3) is 3.22. The second-order valence-electron chi connectivity index (χ2n) is 2.02. The van der Waals surface area contributed by atoms with Gasteiger partial charge in [-0.1, -0.05) is 19.3 Å². The summed E-state index contributed by atoms with van der Waals surface area (Å²) >= 11 is 0. The van der Waals surface area contributed by atoms with E-state index in [-0.39, 0.29) is 51.4 Å². The Labute approximate surface area is 87.7 Å². The Balaban J connectivity index is 0.000000360. The zero-order valence-corrected chi connectivity index (χ0v) is 8.27. The van der Waals surface area contributed by atoms with Crippen LogP contribution in [0.2, 0.25) is 0 Å². The van der Waals surface area contributed by atoms with E-state index in [1.54, 1.807) is 0 Å². The van der Waals surface area contributed by atoms with Gasteiger partial charge in [-0.05, 0) is 0 Å². The normalized spacial score (nSPS) is 29.6. The predicted molar refractivity (Wildman–Crippen MR) is 26.9 cm³/mol. The van der Waals surface area contributed by atoms with Crippen molar-refractivity contribution in [2.24, 2.45) is 5.92 Å². The maximum Gasteiger partial charge on any atom is 1.00 e. The average molecular weight is 123 g/mol. The number of hydrogen-bond acceptors (Lipinski definition) is 0. The molecule has 1 aliphatic heterocycles. The van der Waals surface area contributed by atoms with E-state index in [0.717, 1.165) is 19.0 Å². The van der Waals surface area contributed by atoms with Crippen molar-refractivity contribution in [2.45, 2.75) is 13.3 Å². The van der Waals surface area contributed by atoms with Crippen LogP contribution in [0.25, 0.3) is 5.32 Å². The molecule has 36 valence electrons. The number of nitrogens with zero attached hydrogens (tertiary/aromatic N) is 1. The van der Waals surface area contributed by atoms with Crippen LogP contribution in [0.4, 0.5) is 0 Å². The Morgan fingerprint density at radius 3 is 2.43 bits per heavy atom. The van der Waals surface area contributed by atoms with Crippen molar-refractivity contribution >= 4 is 0 Å². The van der Waals surface area contributed by atoms with Crippen LogP contribution >= 0.6 is 0 Å². The first-order valence-corrected chi connectivity index (χ1v) is 2.53. The molecule has 7 heavy (non-hydrogen) atoms. The van der Waals surface area contributed by atoms with Crippen molar-refractivity contribution in [1.29, 1.82) is 0 Å². The molecule has 0 N–H and O–H groups in total. The molecular weight excluding hydrogens is 113 g/mol. The SMILES string of the molecule is CC1CC[N-]C1.[K+]. The van der Waals surface area contributed by atoms with E-state index in [2.05, 4.69) is 12.2 Å². The van der Waals surface area contributed by atoms with E-state index in [9.17, 15) is 0 Å². The summed E-state index contributed by atoms with van der Waals surface area (Å²) in [5, 5.41) is 4.16. The third-order valence-corrected chi connectivity index (χ3v) is 1.22. The second-order valence-corrected chi connectivity index (χ2v) is 2.02. The molecule has 1 atom stereocenters. The van der Waals surface area contributed by atoms with Crippen LogP contribution in [0.1, 0.15) is 13.3 Å². The molecule has 0 aromatic rings. The summed E-state index contributed by atoms with van der Waals surface area (Å²) in [5.41, 5.74) is 0. The minimum atomic E-state index is 0. The molecule has 0 saturated carbocycles. The number of rotatable bonds is 0. The Morgan fingerprint density at radius 1 is 1.57 bits per heavy atom. The molecule has 1 nitrogen and oxygen atoms in total. The van der Waals surface area contributed by atoms with Gasteiger partial charge < -0.3 is 5.32 Å². The van der Waals surface area contributed by atoms with Gasteiger partial charge in [-0.15, -0.1) is 13.1 Å². The zero-order valence-electron chi connectivity index (χ0n) is 5.15. The van der Waals surface area contributed by atoms with Crippen LogP contribution in [0, 0.1) is 5.92 Å². The minimum Gasteiger partial charge on any atom is -0.662 e. The van der Waals surface area contributed by atoms with Crippen LogP contribution in [-0.4, -0.2) is 13.1 Å². The van der Waals surface area contributed by atoms with Gasteiger partial charge >= 0.3 is 51.4 Å². The van der Waals surface area contributed by atoms with E-state index in [1.807, 2.05) is 0 Å². The summed E-state index contributed by atoms with van der Waals surface area (Å²) in [6.07, 6.45) is 1.32. The maximum atomic E-state index is 4.16. The molecule has 1 unspecified atom stereocenters. The average Bonchev–Trinajstić information content (AvgIpc) is 1.86. The standard InChI is InChI=1S/C5H10N.K/c1-5-2-3-6-4-5;/h5H,2-4H2,1H3;/q-1;+1. The summed E-state index contributed by atoms with van der Waals surface area (Å²) in [5.74, 6) is 0.880. The fraction of sp³-hybridized carbons (Fsp3) is 1.00. The summed E-state index contributed by atoms with van der Waals surface area (Å²) in [7, 11) is 0. The molecule has 0 aromatic heterocycles. The quantitative estimate of drug-likeness (QED) is 0.345. The first-order valence-electron chi connectivity index (χ1n) is 2.53. The molecule has 1 saturated heterocycles. The molecular formula is C5H10KN. The van der Waals surface area contributed by atoms with Crippen molar-refractivity contribution in [1.82, 2.24) is 0 Å². The third-order valence-electron chi connectivity index (χ3n) is 1.22. The van der Waals surface area contributed by atoms with Gasteiger partial charge in [0.15, 0.2) is 0 Å². The van der Waals surface area contributed by atoms with E-state index in [0.29, 0.717) is 0 Å². The molecule has 2 heteroatoms. The van der Waals surface area contributed by atoms with Crippen LogP contribution < -0.4 is 51.4 Å². The first kappa shape index (κ1) is 8.60. The number of hydrogen-bond donors (Lipinski definition) is 0. The van der Waals surface area contributed by atoms with Gasteiger partial charge in [0.25, 0.3) is 0 Å². The van der Waals surface area contributed by atoms with Crippen molar-refractivity contribution in [3.8, 4) is 0 Å². The molecule has 0 spiro atoms. The fourth-order valence-corrected chi connectivity index (χ4v) is 0.715. The Bertz CT molecular complexity index is 41.3. The monoisotopic (exact) mass is 123 g/mol. The molecule has 1 heterocycles. The summed E-state index contributed by atoms with van der Waals surface area (Å²) in [6, 6.07) is 0.